The van der Waals surface area contributed by atoms with Crippen molar-refractivity contribution >= 4 is 42.1 Å². The molecular weight excluding hydrogens is 435 g/mol. The van der Waals surface area contributed by atoms with Gasteiger partial charge in [0.1, 0.15) is 0 Å². The summed E-state index contributed by atoms with van der Waals surface area (Å²) in [6.45, 7) is 0. The van der Waals surface area contributed by atoms with E-state index in [-0.39, 0.29) is 1.43 Å². The molecule has 14 heavy (non-hydrogen) atoms. The molecule has 0 spiro atoms. The van der Waals surface area contributed by atoms with E-state index < -0.39 is 19.5 Å². The van der Waals surface area contributed by atoms with E-state index in [0.717, 1.165) is 0 Å². The van der Waals surface area contributed by atoms with Crippen LogP contribution in [0.25, 0.3) is 0 Å². The Morgan fingerprint density at radius 2 is 1.14 bits per heavy atom. The molecule has 0 aliphatic heterocycles. The molecule has 0 N–H and O–H groups in total. The summed E-state index contributed by atoms with van der Waals surface area (Å²) < 4.78 is 60.8. The first kappa shape index (κ1) is 14.3. The zero-order valence-electron chi connectivity index (χ0n) is 7.48. The van der Waals surface area contributed by atoms with Gasteiger partial charge in [0.25, 0.3) is 0 Å². The monoisotopic (exact) mass is 440 g/mol. The molecule has 84 valence electrons. The fourth-order valence-electron chi connectivity index (χ4n) is 0.415. The van der Waals surface area contributed by atoms with Gasteiger partial charge in [-0.1, -0.05) is 18.2 Å². The Morgan fingerprint density at radius 1 is 0.857 bits per heavy atom. The van der Waals surface area contributed by atoms with Gasteiger partial charge in [-0.25, -0.2) is 0 Å². The molecule has 0 aliphatic carbocycles. The van der Waals surface area contributed by atoms with Crippen LogP contribution >= 0.6 is 22.6 Å². The number of halogens is 7. The third-order valence-corrected chi connectivity index (χ3v) is 1.45. The van der Waals surface area contributed by atoms with Crippen LogP contribution in [-0.4, -0.2) is 19.5 Å². The van der Waals surface area contributed by atoms with Crippen LogP contribution in [0.1, 0.15) is 1.43 Å². The largest absolute Gasteiger partial charge is 1.00 e. The minimum absolute atomic E-state index is 0. The topological polar surface area (TPSA) is 0 Å². The van der Waals surface area contributed by atoms with Crippen molar-refractivity contribution in [2.45, 2.75) is 0 Å². The van der Waals surface area contributed by atoms with Crippen molar-refractivity contribution < 1.29 is 18.3 Å². The molecule has 0 bridgehead atoms. The van der Waals surface area contributed by atoms with Gasteiger partial charge in [-0.3, -0.25) is 0 Å². The maximum atomic E-state index is 9.93. The average Bonchev–Trinajstić information content (AvgIpc) is 1.81. The van der Waals surface area contributed by atoms with E-state index in [1.54, 1.807) is 0 Å². The molecule has 1 rings (SSSR count). The van der Waals surface area contributed by atoms with Crippen molar-refractivity contribution in [1.82, 2.24) is 0 Å². The van der Waals surface area contributed by atoms with Crippen molar-refractivity contribution in [2.24, 2.45) is 0 Å². The molecule has 0 saturated carbocycles. The average molecular weight is 441 g/mol. The first-order valence-corrected chi connectivity index (χ1v) is 9.98. The van der Waals surface area contributed by atoms with E-state index in [1.807, 2.05) is 18.2 Å². The van der Waals surface area contributed by atoms with E-state index in [1.165, 1.54) is 3.57 Å². The smallest absolute Gasteiger partial charge is 1.00 e. The SMILES string of the molecule is Ic1ccccc1.[F][Sb-]([F])([F])([F])([F])[F].[H+]. The molecule has 0 radical (unpaired) electrons. The Hall–Kier alpha value is 0.348. The van der Waals surface area contributed by atoms with Crippen LogP contribution in [-0.2, 0) is 0 Å². The van der Waals surface area contributed by atoms with Gasteiger partial charge < -0.3 is 0 Å². The Morgan fingerprint density at radius 3 is 1.29 bits per heavy atom. The van der Waals surface area contributed by atoms with Gasteiger partial charge in [0, 0.05) is 3.57 Å². The molecule has 1 aromatic rings. The second-order valence-electron chi connectivity index (χ2n) is 2.25. The van der Waals surface area contributed by atoms with Gasteiger partial charge in [0.2, 0.25) is 0 Å². The summed E-state index contributed by atoms with van der Waals surface area (Å²) in [5, 5.41) is 0. The normalized spacial score (nSPS) is 15.9. The summed E-state index contributed by atoms with van der Waals surface area (Å²) in [4.78, 5) is 0. The number of rotatable bonds is 0. The van der Waals surface area contributed by atoms with E-state index in [4.69, 9.17) is 0 Å². The standard InChI is InChI=1S/C6H5I.6FH.Sb/c7-6-4-2-1-3-5-6;;;;;;;/h1-5H;6*1H;/q;;;;;;;+5/p-5. The van der Waals surface area contributed by atoms with Crippen LogP contribution in [0.4, 0.5) is 16.9 Å². The first-order chi connectivity index (χ1) is 5.84. The second-order valence-corrected chi connectivity index (χ2v) is 8.97. The fourth-order valence-corrected chi connectivity index (χ4v) is 0.830. The van der Waals surface area contributed by atoms with Crippen LogP contribution in [0.2, 0.25) is 0 Å². The van der Waals surface area contributed by atoms with E-state index >= 15 is 0 Å². The summed E-state index contributed by atoms with van der Waals surface area (Å²) >= 11 is -8.97. The molecule has 8 heteroatoms. The zero-order valence-corrected chi connectivity index (χ0v) is 11.2. The van der Waals surface area contributed by atoms with Gasteiger partial charge in [-0.15, -0.1) is 0 Å². The van der Waals surface area contributed by atoms with Crippen LogP contribution in [0.5, 0.6) is 0 Å². The summed E-state index contributed by atoms with van der Waals surface area (Å²) in [5.41, 5.74) is 0. The quantitative estimate of drug-likeness (QED) is 0.315. The molecule has 0 atom stereocenters. The maximum absolute atomic E-state index is 11.2. The molecule has 0 aliphatic rings. The Labute approximate surface area is 93.8 Å². The van der Waals surface area contributed by atoms with E-state index in [0.29, 0.717) is 0 Å². The zero-order chi connectivity index (χ0) is 11.5. The van der Waals surface area contributed by atoms with Crippen LogP contribution in [0.15, 0.2) is 30.3 Å². The summed E-state index contributed by atoms with van der Waals surface area (Å²) in [5.74, 6) is 0. The first-order valence-electron chi connectivity index (χ1n) is 3.11. The Balaban J connectivity index is 0. The minimum Gasteiger partial charge on any atom is 1.00 e. The summed E-state index contributed by atoms with van der Waals surface area (Å²) in [6.07, 6.45) is 0. The summed E-state index contributed by atoms with van der Waals surface area (Å²) in [6, 6.07) is 10.2. The number of hydrogen-bond acceptors (Lipinski definition) is 0. The molecule has 0 saturated heterocycles. The van der Waals surface area contributed by atoms with Crippen LogP contribution in [0.3, 0.4) is 0 Å². The van der Waals surface area contributed by atoms with Gasteiger partial charge in [-0.05, 0) is 34.7 Å². The van der Waals surface area contributed by atoms with Crippen LogP contribution in [0, 0.1) is 3.57 Å². The predicted molar refractivity (Wildman–Crippen MR) is 52.7 cm³/mol. The van der Waals surface area contributed by atoms with Crippen molar-refractivity contribution in [3.05, 3.63) is 33.9 Å². The predicted octanol–water partition coefficient (Wildman–Crippen LogP) is 4.54. The molecule has 0 nitrogen and oxygen atoms in total. The minimum atomic E-state index is -11.2. The van der Waals surface area contributed by atoms with Gasteiger partial charge >= 0.3 is 37.8 Å². The fraction of sp³-hybridized carbons (Fsp3) is 0. The van der Waals surface area contributed by atoms with Gasteiger partial charge in [-0.2, -0.15) is 0 Å². The molecule has 0 amide bonds. The van der Waals surface area contributed by atoms with Crippen molar-refractivity contribution in [3.8, 4) is 0 Å². The molecule has 0 unspecified atom stereocenters. The number of benzene rings is 1. The molecular formula is C6H6F6ISb. The van der Waals surface area contributed by atoms with E-state index in [2.05, 4.69) is 34.7 Å². The van der Waals surface area contributed by atoms with Crippen molar-refractivity contribution in [2.75, 3.05) is 0 Å². The van der Waals surface area contributed by atoms with Gasteiger partial charge in [0.15, 0.2) is 0 Å². The second kappa shape index (κ2) is 3.73. The maximum Gasteiger partial charge on any atom is 1.00 e. The molecule has 0 aromatic heterocycles. The molecule has 0 fully saturated rings. The Kier molecular flexibility index (Phi) is 3.83. The van der Waals surface area contributed by atoms with Crippen LogP contribution < -0.4 is 0 Å². The third kappa shape index (κ3) is 22.8. The molecule has 1 aromatic carbocycles. The van der Waals surface area contributed by atoms with Crippen molar-refractivity contribution in [3.63, 3.8) is 0 Å². The third-order valence-electron chi connectivity index (χ3n) is 0.733. The van der Waals surface area contributed by atoms with E-state index in [9.17, 15) is 16.9 Å². The Bertz CT molecular complexity index is 283. The summed E-state index contributed by atoms with van der Waals surface area (Å²) in [7, 11) is 0. The molecule has 0 heterocycles. The van der Waals surface area contributed by atoms with Crippen molar-refractivity contribution in [1.29, 1.82) is 0 Å². The number of hydrogen-bond donors (Lipinski definition) is 0. The van der Waals surface area contributed by atoms with Gasteiger partial charge in [0.05, 0.1) is 0 Å².